The van der Waals surface area contributed by atoms with E-state index in [0.717, 1.165) is 68.8 Å². The second-order valence-corrected chi connectivity index (χ2v) is 21.6. The number of rotatable bonds is 12. The molecule has 6 aliphatic rings. The van der Waals surface area contributed by atoms with E-state index in [0.29, 0.717) is 97.5 Å². The number of aliphatic hydroxyl groups is 1. The average molecular weight is 1010 g/mol. The lowest BCUT2D eigenvalue weighted by Crippen LogP contribution is -2.56. The minimum absolute atomic E-state index is 0.0462. The second kappa shape index (κ2) is 19.6. The molecule has 1 unspecified atom stereocenters. The number of nitrogens with zero attached hydrogens (tertiary/aromatic N) is 10. The van der Waals surface area contributed by atoms with Crippen LogP contribution in [0.5, 0.6) is 0 Å². The van der Waals surface area contributed by atoms with Crippen LogP contribution in [0.2, 0.25) is 0 Å². The van der Waals surface area contributed by atoms with Gasteiger partial charge in [0.1, 0.15) is 29.1 Å². The van der Waals surface area contributed by atoms with Crippen molar-refractivity contribution in [1.82, 2.24) is 44.0 Å². The molecule has 11 rings (SSSR count). The van der Waals surface area contributed by atoms with Gasteiger partial charge in [0.25, 0.3) is 17.4 Å². The number of carbonyl (C=O) groups excluding carboxylic acids is 5. The first-order valence-electron chi connectivity index (χ1n) is 25.9. The number of aryl methyl sites for hydroxylation is 1. The molecule has 3 N–H and O–H groups in total. The Balaban J connectivity index is 0.670. The third-order valence-electron chi connectivity index (χ3n) is 16.1. The van der Waals surface area contributed by atoms with E-state index in [1.165, 1.54) is 15.8 Å². The summed E-state index contributed by atoms with van der Waals surface area (Å²) in [5, 5.41) is 16.4. The highest BCUT2D eigenvalue weighted by Crippen LogP contribution is 2.40. The van der Waals surface area contributed by atoms with E-state index in [1.807, 2.05) is 35.2 Å². The number of carbonyl (C=O) groups is 5. The minimum Gasteiger partial charge on any atom is -0.392 e. The van der Waals surface area contributed by atoms with Gasteiger partial charge in [0.05, 0.1) is 25.0 Å². The summed E-state index contributed by atoms with van der Waals surface area (Å²) in [4.78, 5) is 100. The Morgan fingerprint density at radius 1 is 0.878 bits per heavy atom. The molecule has 0 radical (unpaired) electrons. The summed E-state index contributed by atoms with van der Waals surface area (Å²) in [5.41, 5.74) is 8.78. The fourth-order valence-corrected chi connectivity index (χ4v) is 12.2. The van der Waals surface area contributed by atoms with Crippen LogP contribution in [0.25, 0.3) is 11.1 Å². The summed E-state index contributed by atoms with van der Waals surface area (Å²) in [7, 11) is 1.68. The molecule has 19 nitrogen and oxygen atoms in total. The lowest BCUT2D eigenvalue weighted by molar-refractivity contribution is -0.137. The fraction of sp³-hybridized carbons (Fsp3) is 0.455. The molecule has 1 aromatic carbocycles. The molecule has 5 aromatic rings. The molecule has 0 spiro atoms. The van der Waals surface area contributed by atoms with Crippen molar-refractivity contribution in [3.63, 3.8) is 0 Å². The van der Waals surface area contributed by atoms with Crippen molar-refractivity contribution in [2.75, 3.05) is 80.6 Å². The van der Waals surface area contributed by atoms with Crippen LogP contribution in [0.3, 0.4) is 0 Å². The number of imide groups is 1. The highest BCUT2D eigenvalue weighted by molar-refractivity contribution is 6.07. The van der Waals surface area contributed by atoms with E-state index in [-0.39, 0.29) is 53.7 Å². The summed E-state index contributed by atoms with van der Waals surface area (Å²) in [5.74, 6) is 0.00515. The van der Waals surface area contributed by atoms with Gasteiger partial charge in [-0.05, 0) is 96.7 Å². The molecule has 2 atom stereocenters. The van der Waals surface area contributed by atoms with Crippen LogP contribution in [0, 0.1) is 5.41 Å². The molecular weight excluding hydrogens is 941 g/mol. The van der Waals surface area contributed by atoms with E-state index in [9.17, 15) is 33.9 Å². The van der Waals surface area contributed by atoms with E-state index in [1.54, 1.807) is 47.6 Å². The molecule has 4 aromatic heterocycles. The maximum Gasteiger partial charge on any atom is 0.276 e. The number of fused-ring (bicyclic) bond motifs is 4. The van der Waals surface area contributed by atoms with E-state index >= 15 is 0 Å². The van der Waals surface area contributed by atoms with Crippen LogP contribution in [0.4, 0.5) is 23.0 Å². The topological polar surface area (TPSA) is 202 Å². The zero-order chi connectivity index (χ0) is 51.6. The molecule has 0 bridgehead atoms. The van der Waals surface area contributed by atoms with Gasteiger partial charge in [0.2, 0.25) is 17.7 Å². The second-order valence-electron chi connectivity index (χ2n) is 21.6. The summed E-state index contributed by atoms with van der Waals surface area (Å²) in [6, 6.07) is 14.6. The number of pyridine rings is 3. The average Bonchev–Trinajstić information content (AvgIpc) is 4.03. The third-order valence-corrected chi connectivity index (χ3v) is 16.1. The number of nitrogens with one attached hydrogen (secondary N) is 2. The SMILES string of the molecule is C[C@H]1CN(C(=O)CN2CCN(CCc3cccc4c3CN(C3CCC(=O)NC3=O)C4=O)CC2)CCN1c1ccc(Nc2cc(-c3ccnc(N4CCn5c(cc6c5CC(C)(C)C6)C4=O)c3CO)cn(C)c2=O)nc1. The first kappa shape index (κ1) is 49.0. The summed E-state index contributed by atoms with van der Waals surface area (Å²) >= 11 is 0. The summed E-state index contributed by atoms with van der Waals surface area (Å²) < 4.78 is 3.65. The van der Waals surface area contributed by atoms with Crippen LogP contribution in [-0.2, 0) is 60.4 Å². The van der Waals surface area contributed by atoms with Crippen LogP contribution >= 0.6 is 0 Å². The van der Waals surface area contributed by atoms with Crippen LogP contribution in [-0.4, -0.2) is 151 Å². The van der Waals surface area contributed by atoms with Crippen molar-refractivity contribution in [2.45, 2.75) is 84.7 Å². The monoisotopic (exact) mass is 1000 g/mol. The molecule has 74 heavy (non-hydrogen) atoms. The molecule has 0 saturated carbocycles. The quantitative estimate of drug-likeness (QED) is 0.154. The van der Waals surface area contributed by atoms with Crippen molar-refractivity contribution in [2.24, 2.45) is 12.5 Å². The molecule has 386 valence electrons. The first-order valence-corrected chi connectivity index (χ1v) is 25.9. The van der Waals surface area contributed by atoms with Crippen molar-refractivity contribution in [3.8, 4) is 11.1 Å². The molecule has 3 fully saturated rings. The number of piperazine rings is 2. The predicted molar refractivity (Wildman–Crippen MR) is 278 cm³/mol. The van der Waals surface area contributed by atoms with Crippen molar-refractivity contribution < 1.29 is 29.1 Å². The van der Waals surface area contributed by atoms with Crippen LogP contribution in [0.1, 0.15) is 82.4 Å². The van der Waals surface area contributed by atoms with Gasteiger partial charge in [-0.15, -0.1) is 0 Å². The van der Waals surface area contributed by atoms with Gasteiger partial charge in [0.15, 0.2) is 0 Å². The highest BCUT2D eigenvalue weighted by Gasteiger charge is 2.41. The van der Waals surface area contributed by atoms with Crippen LogP contribution in [0.15, 0.2) is 71.9 Å². The van der Waals surface area contributed by atoms with Gasteiger partial charge in [-0.1, -0.05) is 26.0 Å². The third kappa shape index (κ3) is 9.25. The fourth-order valence-electron chi connectivity index (χ4n) is 12.2. The Hall–Kier alpha value is -7.22. The molecular formula is C55H64N12O7. The number of aromatic nitrogens is 4. The van der Waals surface area contributed by atoms with Crippen molar-refractivity contribution >= 4 is 52.5 Å². The minimum atomic E-state index is -0.636. The maximum absolute atomic E-state index is 14.0. The van der Waals surface area contributed by atoms with Crippen molar-refractivity contribution in [3.05, 3.63) is 117 Å². The molecule has 3 saturated heterocycles. The Kier molecular flexibility index (Phi) is 13.0. The van der Waals surface area contributed by atoms with Gasteiger partial charge in [0, 0.05) is 126 Å². The Bertz CT molecular complexity index is 3140. The summed E-state index contributed by atoms with van der Waals surface area (Å²) in [6.07, 6.45) is 8.34. The van der Waals surface area contributed by atoms with E-state index < -0.39 is 11.9 Å². The number of anilines is 4. The summed E-state index contributed by atoms with van der Waals surface area (Å²) in [6.45, 7) is 13.9. The van der Waals surface area contributed by atoms with Crippen LogP contribution < -0.4 is 26.0 Å². The van der Waals surface area contributed by atoms with Crippen molar-refractivity contribution in [1.29, 1.82) is 0 Å². The molecule has 9 heterocycles. The Morgan fingerprint density at radius 2 is 1.69 bits per heavy atom. The number of amides is 5. The number of aliphatic hydroxyl groups excluding tert-OH is 1. The standard InChI is InChI=1S/C55H64N12O7/c1-34-29-63(49(70)32-62-18-16-61(17-19-62)15-13-35-6-5-7-40-41(35)31-67(52(40)72)44-9-11-48(69)59-51(44)71)20-21-64(34)38-8-10-47(57-28-38)58-43-24-37(30-60(4)53(43)73)39-12-14-56-50(42(39)33-68)66-23-22-65-45(54(66)74)25-36-26-55(2,3)27-46(36)65/h5-8,10,12,14,24-25,28,30,34,44,68H,9,11,13,15-23,26-27,29,31-33H2,1-4H3,(H,57,58)(H,59,69,71)/t34-,44?/m0/s1. The molecule has 5 amide bonds. The lowest BCUT2D eigenvalue weighted by atomic mass is 9.90. The van der Waals surface area contributed by atoms with Gasteiger partial charge in [-0.25, -0.2) is 9.97 Å². The zero-order valence-corrected chi connectivity index (χ0v) is 42.6. The number of benzene rings is 1. The number of hydrogen-bond acceptors (Lipinski definition) is 13. The zero-order valence-electron chi connectivity index (χ0n) is 42.6. The van der Waals surface area contributed by atoms with Gasteiger partial charge < -0.3 is 39.2 Å². The molecule has 19 heteroatoms. The molecule has 5 aliphatic heterocycles. The first-order chi connectivity index (χ1) is 35.6. The Morgan fingerprint density at radius 3 is 2.45 bits per heavy atom. The number of hydrogen-bond donors (Lipinski definition) is 3. The van der Waals surface area contributed by atoms with E-state index in [2.05, 4.69) is 61.7 Å². The van der Waals surface area contributed by atoms with E-state index in [4.69, 9.17) is 4.98 Å². The smallest absolute Gasteiger partial charge is 0.276 e. The largest absolute Gasteiger partial charge is 0.392 e. The predicted octanol–water partition coefficient (Wildman–Crippen LogP) is 3.32. The van der Waals surface area contributed by atoms with Gasteiger partial charge in [-0.2, -0.15) is 0 Å². The Labute approximate surface area is 429 Å². The maximum atomic E-state index is 14.0. The van der Waals surface area contributed by atoms with Gasteiger partial charge in [-0.3, -0.25) is 43.9 Å². The van der Waals surface area contributed by atoms with Gasteiger partial charge >= 0.3 is 0 Å². The molecule has 1 aliphatic carbocycles. The highest BCUT2D eigenvalue weighted by atomic mass is 16.3. The number of piperidine rings is 1. The normalized spacial score (nSPS) is 21.0. The lowest BCUT2D eigenvalue weighted by Gasteiger charge is -2.42.